The monoisotopic (exact) mass is 839 g/mol. The summed E-state index contributed by atoms with van der Waals surface area (Å²) >= 11 is 6.52. The van der Waals surface area contributed by atoms with E-state index in [-0.39, 0.29) is 37.6 Å². The van der Waals surface area contributed by atoms with Crippen LogP contribution >= 0.6 is 11.6 Å². The van der Waals surface area contributed by atoms with Crippen LogP contribution < -0.4 is 14.2 Å². The van der Waals surface area contributed by atoms with E-state index in [1.54, 1.807) is 25.1 Å². The number of pyridine rings is 1. The molecule has 1 aromatic heterocycles. The number of esters is 1. The third kappa shape index (κ3) is 9.06. The number of carbonyl (C=O) groups is 4. The van der Waals surface area contributed by atoms with E-state index in [2.05, 4.69) is 9.71 Å². The molecule has 312 valence electrons. The molecule has 0 bridgehead atoms. The van der Waals surface area contributed by atoms with Crippen LogP contribution in [0, 0.1) is 29.1 Å². The molecule has 17 heteroatoms. The Morgan fingerprint density at radius 1 is 1.11 bits per heavy atom. The molecule has 1 N–H and O–H groups in total. The molecule has 2 amide bonds. The summed E-state index contributed by atoms with van der Waals surface area (Å²) in [5.74, 6) is -4.73. The molecule has 1 saturated heterocycles. The number of methoxy groups -OCH3 is 1. The second-order valence-electron chi connectivity index (χ2n) is 16.7. The predicted molar refractivity (Wildman–Crippen MR) is 204 cm³/mol. The highest BCUT2D eigenvalue weighted by Gasteiger charge is 2.62. The summed E-state index contributed by atoms with van der Waals surface area (Å²) in [4.78, 5) is 62.2. The summed E-state index contributed by atoms with van der Waals surface area (Å²) < 4.78 is 86.0. The van der Waals surface area contributed by atoms with Crippen molar-refractivity contribution in [2.24, 2.45) is 29.1 Å². The molecule has 12 nitrogen and oxygen atoms in total. The lowest BCUT2D eigenvalue weighted by Gasteiger charge is -2.33. The van der Waals surface area contributed by atoms with Crippen molar-refractivity contribution < 1.29 is 55.0 Å². The van der Waals surface area contributed by atoms with E-state index < -0.39 is 92.4 Å². The summed E-state index contributed by atoms with van der Waals surface area (Å²) in [5, 5.41) is 0.722. The molecular weight excluding hydrogens is 791 g/mol. The molecular formula is C40H49ClF3N3O9S. The third-order valence-electron chi connectivity index (χ3n) is 11.9. The number of amides is 2. The number of benzene rings is 1. The van der Waals surface area contributed by atoms with Gasteiger partial charge in [-0.15, -0.1) is 0 Å². The Bertz CT molecular complexity index is 2060. The normalized spacial score (nSPS) is 29.4. The molecule has 6 rings (SSSR count). The Labute approximate surface area is 335 Å². The minimum atomic E-state index is -4.87. The molecule has 2 aromatic rings. The largest absolute Gasteiger partial charge is 0.494 e. The van der Waals surface area contributed by atoms with Gasteiger partial charge in [0.25, 0.3) is 0 Å². The SMILES string of the molecule is COc1cnc(O[C@@H]2C[C@H]3C(=O)C[C@]4(C(=O)NS(=O)(=O)C5CC5)C[C@H]4/C=C\CC[C@@H](C)C[C@@H](C)[C@H](CC(=O)OC(C)(C)C(F)(F)F)C(=O)N3C2)c2cccc(Cl)c12. The standard InChI is InChI=1S/C40H49ClF3N3O9S/c1-22-9-6-7-10-24-18-39(24,37(51)46-57(52,53)26-13-14-26)19-31(48)30-16-25(55-35-27-11-8-12-29(41)34(27)32(54-5)20-45-35)21-47(30)36(50)28(23(2)15-22)17-33(49)56-38(3,4)40(42,43)44/h7-8,10-12,20,22-26,28,30H,6,9,13-19,21H2,1-5H3,(H,46,51)/b10-7-/t22-,23-,24-,25-,28+,30+,39-/m1/s1. The molecule has 1 aromatic carbocycles. The van der Waals surface area contributed by atoms with Gasteiger partial charge in [0, 0.05) is 23.6 Å². The summed E-state index contributed by atoms with van der Waals surface area (Å²) in [6.07, 6.45) is 1.13. The molecule has 3 fully saturated rings. The molecule has 0 unspecified atom stereocenters. The van der Waals surface area contributed by atoms with Crippen LogP contribution in [-0.4, -0.2) is 84.7 Å². The zero-order chi connectivity index (χ0) is 41.7. The van der Waals surface area contributed by atoms with E-state index in [4.69, 9.17) is 25.8 Å². The first-order valence-corrected chi connectivity index (χ1v) is 21.2. The van der Waals surface area contributed by atoms with Crippen LogP contribution in [-0.2, 0) is 33.9 Å². The smallest absolute Gasteiger partial charge is 0.427 e. The maximum Gasteiger partial charge on any atom is 0.427 e. The van der Waals surface area contributed by atoms with Crippen molar-refractivity contribution in [1.29, 1.82) is 0 Å². The maximum atomic E-state index is 14.8. The lowest BCUT2D eigenvalue weighted by Crippen LogP contribution is -2.48. The highest BCUT2D eigenvalue weighted by molar-refractivity contribution is 7.90. The van der Waals surface area contributed by atoms with Crippen LogP contribution in [0.4, 0.5) is 13.2 Å². The van der Waals surface area contributed by atoms with Crippen molar-refractivity contribution in [2.75, 3.05) is 13.7 Å². The highest BCUT2D eigenvalue weighted by Crippen LogP contribution is 2.57. The number of fused-ring (bicyclic) bond motifs is 3. The van der Waals surface area contributed by atoms with Crippen molar-refractivity contribution in [3.8, 4) is 11.6 Å². The number of hydrogen-bond donors (Lipinski definition) is 1. The lowest BCUT2D eigenvalue weighted by atomic mass is 9.82. The van der Waals surface area contributed by atoms with Gasteiger partial charge in [-0.1, -0.05) is 43.7 Å². The molecule has 4 aliphatic rings. The third-order valence-corrected chi connectivity index (χ3v) is 14.0. The molecule has 3 heterocycles. The number of nitrogens with one attached hydrogen (secondary N) is 1. The average Bonchev–Trinajstić information content (AvgIpc) is 4.05. The Morgan fingerprint density at radius 3 is 2.49 bits per heavy atom. The topological polar surface area (TPSA) is 158 Å². The van der Waals surface area contributed by atoms with Crippen LogP contribution in [0.25, 0.3) is 10.8 Å². The number of hydrogen-bond acceptors (Lipinski definition) is 10. The van der Waals surface area contributed by atoms with Crippen LogP contribution in [0.3, 0.4) is 0 Å². The molecule has 0 spiro atoms. The number of allylic oxidation sites excluding steroid dienone is 2. The second kappa shape index (κ2) is 16.0. The van der Waals surface area contributed by atoms with E-state index >= 15 is 0 Å². The maximum absolute atomic E-state index is 14.8. The highest BCUT2D eigenvalue weighted by atomic mass is 35.5. The van der Waals surface area contributed by atoms with Crippen molar-refractivity contribution in [1.82, 2.24) is 14.6 Å². The van der Waals surface area contributed by atoms with Gasteiger partial charge in [0.2, 0.25) is 33.3 Å². The number of nitrogens with zero attached hydrogens (tertiary/aromatic N) is 2. The summed E-state index contributed by atoms with van der Waals surface area (Å²) in [5.41, 5.74) is -4.19. The number of ketones is 1. The van der Waals surface area contributed by atoms with Gasteiger partial charge in [0.05, 0.1) is 53.9 Å². The number of Topliss-reactive ketones (excluding diaryl/α,β-unsaturated/α-hetero) is 1. The number of sulfonamides is 1. The van der Waals surface area contributed by atoms with Crippen LogP contribution in [0.5, 0.6) is 11.6 Å². The minimum Gasteiger partial charge on any atom is -0.494 e. The van der Waals surface area contributed by atoms with E-state index in [0.29, 0.717) is 53.6 Å². The number of ether oxygens (including phenoxy) is 3. The fourth-order valence-electron chi connectivity index (χ4n) is 8.16. The molecule has 2 aliphatic carbocycles. The van der Waals surface area contributed by atoms with E-state index in [0.717, 1.165) is 13.8 Å². The second-order valence-corrected chi connectivity index (χ2v) is 19.0. The molecule has 57 heavy (non-hydrogen) atoms. The van der Waals surface area contributed by atoms with Crippen LogP contribution in [0.1, 0.15) is 85.5 Å². The lowest BCUT2D eigenvalue weighted by molar-refractivity contribution is -0.257. The van der Waals surface area contributed by atoms with Crippen molar-refractivity contribution in [2.45, 2.75) is 115 Å². The Hall–Kier alpha value is -3.92. The van der Waals surface area contributed by atoms with E-state index in [9.17, 15) is 40.8 Å². The van der Waals surface area contributed by atoms with E-state index in [1.807, 2.05) is 19.1 Å². The van der Waals surface area contributed by atoms with Gasteiger partial charge in [-0.05, 0) is 82.3 Å². The van der Waals surface area contributed by atoms with Crippen molar-refractivity contribution in [3.05, 3.63) is 41.6 Å². The van der Waals surface area contributed by atoms with Crippen molar-refractivity contribution >= 4 is 56.0 Å². The molecule has 2 aliphatic heterocycles. The Kier molecular flexibility index (Phi) is 12.0. The van der Waals surface area contributed by atoms with Gasteiger partial charge in [0.15, 0.2) is 5.78 Å². The van der Waals surface area contributed by atoms with Gasteiger partial charge < -0.3 is 19.1 Å². The van der Waals surface area contributed by atoms with Crippen molar-refractivity contribution in [3.63, 3.8) is 0 Å². The molecule has 7 atom stereocenters. The van der Waals surface area contributed by atoms with Crippen LogP contribution in [0.15, 0.2) is 36.5 Å². The zero-order valence-electron chi connectivity index (χ0n) is 32.6. The number of carbonyl (C=O) groups excluding carboxylic acids is 4. The van der Waals surface area contributed by atoms with Gasteiger partial charge in [-0.25, -0.2) is 13.4 Å². The fraction of sp³-hybridized carbons (Fsp3) is 0.625. The zero-order valence-corrected chi connectivity index (χ0v) is 34.1. The summed E-state index contributed by atoms with van der Waals surface area (Å²) in [7, 11) is -2.48. The first-order valence-electron chi connectivity index (χ1n) is 19.3. The summed E-state index contributed by atoms with van der Waals surface area (Å²) in [6.45, 7) is 5.03. The predicted octanol–water partition coefficient (Wildman–Crippen LogP) is 6.72. The van der Waals surface area contributed by atoms with Gasteiger partial charge in [-0.3, -0.25) is 23.9 Å². The number of halogens is 4. The van der Waals surface area contributed by atoms with Gasteiger partial charge >= 0.3 is 12.1 Å². The Balaban J connectivity index is 1.36. The minimum absolute atomic E-state index is 0.0111. The first kappa shape index (κ1) is 42.7. The van der Waals surface area contributed by atoms with Gasteiger partial charge in [0.1, 0.15) is 11.9 Å². The summed E-state index contributed by atoms with van der Waals surface area (Å²) in [6, 6.07) is 3.91. The Morgan fingerprint density at radius 2 is 1.82 bits per heavy atom. The quantitative estimate of drug-likeness (QED) is 0.212. The van der Waals surface area contributed by atoms with Gasteiger partial charge in [-0.2, -0.15) is 13.2 Å². The number of rotatable bonds is 9. The molecule has 2 saturated carbocycles. The average molecular weight is 840 g/mol. The number of alkyl halides is 3. The first-order chi connectivity index (χ1) is 26.7. The number of aromatic nitrogens is 1. The fourth-order valence-corrected chi connectivity index (χ4v) is 9.81. The molecule has 0 radical (unpaired) electrons. The van der Waals surface area contributed by atoms with Crippen LogP contribution in [0.2, 0.25) is 5.02 Å². The van der Waals surface area contributed by atoms with E-state index in [1.165, 1.54) is 18.2 Å².